The third-order valence-electron chi connectivity index (χ3n) is 1.12. The fourth-order valence-electron chi connectivity index (χ4n) is 0.614. The van der Waals surface area contributed by atoms with Crippen LogP contribution in [-0.4, -0.2) is 8.42 Å². The molecule has 0 atom stereocenters. The Labute approximate surface area is 107 Å². The van der Waals surface area contributed by atoms with Gasteiger partial charge in [-0.05, 0) is 46.9 Å². The summed E-state index contributed by atoms with van der Waals surface area (Å²) in [5.74, 6) is 0. The first kappa shape index (κ1) is 12.9. The van der Waals surface area contributed by atoms with Gasteiger partial charge in [0.25, 0.3) is 0 Å². The van der Waals surface area contributed by atoms with E-state index in [1.54, 1.807) is 12.1 Å². The molecule has 0 aliphatic rings. The van der Waals surface area contributed by atoms with Crippen molar-refractivity contribution in [3.63, 3.8) is 0 Å². The van der Waals surface area contributed by atoms with Gasteiger partial charge in [0.1, 0.15) is 0 Å². The summed E-state index contributed by atoms with van der Waals surface area (Å²) in [7, 11) is -3.77. The van der Waals surface area contributed by atoms with Crippen LogP contribution in [0.3, 0.4) is 0 Å². The predicted octanol–water partition coefficient (Wildman–Crippen LogP) is -0.964. The van der Waals surface area contributed by atoms with Gasteiger partial charge >= 0.3 is 29.6 Å². The number of halogens is 1. The molecule has 0 saturated carbocycles. The molecule has 3 nitrogen and oxygen atoms in total. The average Bonchev–Trinajstić information content (AvgIpc) is 1.86. The third kappa shape index (κ3) is 3.71. The van der Waals surface area contributed by atoms with E-state index >= 15 is 0 Å². The first-order valence-corrected chi connectivity index (χ1v) is 5.31. The Balaban J connectivity index is 0.00000121. The van der Waals surface area contributed by atoms with Gasteiger partial charge in [0.15, 0.2) is 0 Å². The van der Waals surface area contributed by atoms with E-state index < -0.39 is 10.0 Å². The second-order valence-electron chi connectivity index (χ2n) is 1.96. The zero-order valence-electron chi connectivity index (χ0n) is 6.41. The second-order valence-corrected chi connectivity index (χ2v) is 4.68. The minimum Gasteiger partial charge on any atom is -0.560 e. The molecule has 60 valence electrons. The Hall–Kier alpha value is 0.860. The van der Waals surface area contributed by atoms with Crippen LogP contribution in [0.1, 0.15) is 0 Å². The van der Waals surface area contributed by atoms with Crippen LogP contribution >= 0.6 is 22.6 Å². The average molecular weight is 305 g/mol. The van der Waals surface area contributed by atoms with E-state index in [0.717, 1.165) is 3.57 Å². The topological polar surface area (TPSA) is 57.9 Å². The summed E-state index contributed by atoms with van der Waals surface area (Å²) in [6.45, 7) is 0. The van der Waals surface area contributed by atoms with E-state index in [4.69, 9.17) is 5.14 Å². The molecule has 0 radical (unpaired) electrons. The SMILES string of the molecule is [NH-]S(=O)(=O)c1ccc(I)cc1.[Na+]. The fraction of sp³-hybridized carbons (Fsp3) is 0. The zero-order chi connectivity index (χ0) is 8.48. The smallest absolute Gasteiger partial charge is 0.560 e. The molecule has 0 aliphatic heterocycles. The van der Waals surface area contributed by atoms with E-state index in [-0.39, 0.29) is 34.5 Å². The van der Waals surface area contributed by atoms with Gasteiger partial charge in [-0.3, -0.25) is 0 Å². The van der Waals surface area contributed by atoms with Crippen molar-refractivity contribution in [2.24, 2.45) is 0 Å². The fourth-order valence-corrected chi connectivity index (χ4v) is 1.47. The number of rotatable bonds is 1. The number of hydrogen-bond acceptors (Lipinski definition) is 2. The first-order chi connectivity index (χ1) is 5.00. The first-order valence-electron chi connectivity index (χ1n) is 2.75. The monoisotopic (exact) mass is 305 g/mol. The van der Waals surface area contributed by atoms with Gasteiger partial charge < -0.3 is 5.14 Å². The molecular weight excluding hydrogens is 300 g/mol. The quantitative estimate of drug-likeness (QED) is 0.495. The third-order valence-corrected chi connectivity index (χ3v) is 2.74. The van der Waals surface area contributed by atoms with E-state index in [0.29, 0.717) is 0 Å². The van der Waals surface area contributed by atoms with Crippen molar-refractivity contribution < 1.29 is 38.0 Å². The standard InChI is InChI=1S/C6H5INO2S.Na/c7-5-1-3-6(4-2-5)11(8,9)10;/h1-4H,(H-,8,9,10);/q-1;+1. The van der Waals surface area contributed by atoms with Gasteiger partial charge in [-0.15, -0.1) is 0 Å². The Morgan fingerprint density at radius 3 is 1.92 bits per heavy atom. The van der Waals surface area contributed by atoms with Gasteiger partial charge in [0, 0.05) is 8.47 Å². The van der Waals surface area contributed by atoms with E-state index in [1.807, 2.05) is 0 Å². The molecule has 6 heteroatoms. The molecule has 0 unspecified atom stereocenters. The Morgan fingerprint density at radius 2 is 1.58 bits per heavy atom. The van der Waals surface area contributed by atoms with Crippen molar-refractivity contribution in [1.82, 2.24) is 0 Å². The van der Waals surface area contributed by atoms with Gasteiger partial charge in [-0.1, -0.05) is 0 Å². The molecule has 12 heavy (non-hydrogen) atoms. The maximum Gasteiger partial charge on any atom is 1.00 e. The van der Waals surface area contributed by atoms with Gasteiger partial charge in [0.2, 0.25) is 0 Å². The summed E-state index contributed by atoms with van der Waals surface area (Å²) >= 11 is 2.07. The molecule has 1 N–H and O–H groups in total. The van der Waals surface area contributed by atoms with Gasteiger partial charge in [-0.2, -0.15) is 0 Å². The number of benzene rings is 1. The minimum atomic E-state index is -3.77. The van der Waals surface area contributed by atoms with E-state index in [1.165, 1.54) is 12.1 Å². The molecule has 0 amide bonds. The molecule has 1 aromatic rings. The normalized spacial score (nSPS) is 10.5. The van der Waals surface area contributed by atoms with Crippen molar-refractivity contribution >= 4 is 32.6 Å². The molecule has 0 aromatic heterocycles. The van der Waals surface area contributed by atoms with Crippen LogP contribution in [0.5, 0.6) is 0 Å². The molecule has 0 saturated heterocycles. The molecule has 1 rings (SSSR count). The summed E-state index contributed by atoms with van der Waals surface area (Å²) in [6, 6.07) is 6.15. The summed E-state index contributed by atoms with van der Waals surface area (Å²) in [4.78, 5) is 0.0397. The van der Waals surface area contributed by atoms with Crippen molar-refractivity contribution in [3.8, 4) is 0 Å². The number of sulfonamides is 1. The molecule has 0 heterocycles. The predicted molar refractivity (Wildman–Crippen MR) is 50.7 cm³/mol. The molecule has 0 spiro atoms. The Bertz CT molecular complexity index is 348. The molecule has 0 aliphatic carbocycles. The molecule has 0 fully saturated rings. The van der Waals surface area contributed by atoms with E-state index in [9.17, 15) is 8.42 Å². The maximum absolute atomic E-state index is 10.6. The van der Waals surface area contributed by atoms with Crippen LogP contribution < -0.4 is 29.6 Å². The molecule has 1 aromatic carbocycles. The largest absolute Gasteiger partial charge is 1.00 e. The van der Waals surface area contributed by atoms with Crippen molar-refractivity contribution in [2.45, 2.75) is 4.90 Å². The van der Waals surface area contributed by atoms with Crippen LogP contribution in [0.15, 0.2) is 29.2 Å². The summed E-state index contributed by atoms with van der Waals surface area (Å²) in [6.07, 6.45) is 0. The van der Waals surface area contributed by atoms with Crippen LogP contribution in [-0.2, 0) is 10.0 Å². The number of nitrogens with one attached hydrogen (secondary N) is 1. The summed E-state index contributed by atoms with van der Waals surface area (Å²) < 4.78 is 22.2. The summed E-state index contributed by atoms with van der Waals surface area (Å²) in [5, 5.41) is 6.71. The van der Waals surface area contributed by atoms with Crippen LogP contribution in [0.25, 0.3) is 5.14 Å². The van der Waals surface area contributed by atoms with Crippen molar-refractivity contribution in [1.29, 1.82) is 0 Å². The second kappa shape index (κ2) is 4.92. The van der Waals surface area contributed by atoms with Crippen LogP contribution in [0, 0.1) is 3.57 Å². The van der Waals surface area contributed by atoms with E-state index in [2.05, 4.69) is 22.6 Å². The van der Waals surface area contributed by atoms with Crippen molar-refractivity contribution in [3.05, 3.63) is 33.0 Å². The molecule has 0 bridgehead atoms. The zero-order valence-corrected chi connectivity index (χ0v) is 11.4. The van der Waals surface area contributed by atoms with Crippen LogP contribution in [0.2, 0.25) is 0 Å². The Kier molecular flexibility index (Phi) is 5.27. The Morgan fingerprint density at radius 1 is 1.17 bits per heavy atom. The summed E-state index contributed by atoms with van der Waals surface area (Å²) in [5.41, 5.74) is 0. The maximum atomic E-state index is 10.6. The number of hydrogen-bond donors (Lipinski definition) is 0. The van der Waals surface area contributed by atoms with Crippen molar-refractivity contribution in [2.75, 3.05) is 0 Å². The molecular formula is C6H5INNaO2S. The minimum absolute atomic E-state index is 0. The van der Waals surface area contributed by atoms with Gasteiger partial charge in [-0.25, -0.2) is 8.42 Å². The van der Waals surface area contributed by atoms with Crippen LogP contribution in [0.4, 0.5) is 0 Å². The van der Waals surface area contributed by atoms with Gasteiger partial charge in [0.05, 0.1) is 10.0 Å².